The molecule has 0 unspecified atom stereocenters. The van der Waals surface area contributed by atoms with Gasteiger partial charge in [0.2, 0.25) is 0 Å². The Morgan fingerprint density at radius 1 is 1.28 bits per heavy atom. The fourth-order valence-corrected chi connectivity index (χ4v) is 3.76. The highest BCUT2D eigenvalue weighted by atomic mass is 16.4. The first-order valence-corrected chi connectivity index (χ1v) is 9.44. The van der Waals surface area contributed by atoms with E-state index in [1.54, 1.807) is 6.20 Å². The van der Waals surface area contributed by atoms with Crippen LogP contribution in [0.5, 0.6) is 0 Å². The summed E-state index contributed by atoms with van der Waals surface area (Å²) >= 11 is 0. The summed E-state index contributed by atoms with van der Waals surface area (Å²) < 4.78 is 2.04. The van der Waals surface area contributed by atoms with Crippen LogP contribution in [-0.2, 0) is 0 Å². The molecule has 0 bridgehead atoms. The number of rotatable bonds is 3. The van der Waals surface area contributed by atoms with E-state index in [1.165, 1.54) is 4.90 Å². The van der Waals surface area contributed by atoms with Crippen LogP contribution in [0.3, 0.4) is 0 Å². The lowest BCUT2D eigenvalue weighted by atomic mass is 10.1. The fraction of sp³-hybridized carbons (Fsp3) is 0.190. The molecule has 0 spiro atoms. The van der Waals surface area contributed by atoms with Gasteiger partial charge < -0.3 is 24.7 Å². The van der Waals surface area contributed by atoms with Gasteiger partial charge in [0.15, 0.2) is 0 Å². The second kappa shape index (κ2) is 6.66. The molecule has 29 heavy (non-hydrogen) atoms. The van der Waals surface area contributed by atoms with Crippen LogP contribution in [0.1, 0.15) is 17.9 Å². The standard InChI is InChI=1S/C21H20N6O2/c1-13-23-12-16-10-15(5-9-27(13)16)24-18-2-6-22-20-17(18)11-19(25-20)14-3-7-26(8-4-14)21(28)29/h2-3,5-6,9-12H,4,7-8H2,1H3,(H,28,29)(H2,22,24,25). The minimum Gasteiger partial charge on any atom is -0.465 e. The van der Waals surface area contributed by atoms with E-state index >= 15 is 0 Å². The number of hydrogen-bond acceptors (Lipinski definition) is 4. The van der Waals surface area contributed by atoms with E-state index in [0.29, 0.717) is 19.5 Å². The molecule has 1 amide bonds. The number of anilines is 2. The number of pyridine rings is 2. The number of amides is 1. The molecule has 1 aliphatic rings. The Bertz CT molecular complexity index is 1270. The third-order valence-corrected chi connectivity index (χ3v) is 5.35. The molecule has 5 rings (SSSR count). The lowest BCUT2D eigenvalue weighted by molar-refractivity contribution is 0.150. The lowest BCUT2D eigenvalue weighted by Gasteiger charge is -2.23. The number of aromatic nitrogens is 4. The van der Waals surface area contributed by atoms with Gasteiger partial charge in [-0.3, -0.25) is 0 Å². The SMILES string of the molecule is Cc1ncc2cc(Nc3ccnc4[nH]c(C5=CCN(C(=O)O)CC5)cc34)ccn12. The van der Waals surface area contributed by atoms with Crippen LogP contribution in [0.4, 0.5) is 16.2 Å². The van der Waals surface area contributed by atoms with Gasteiger partial charge in [0.25, 0.3) is 0 Å². The van der Waals surface area contributed by atoms with Crippen LogP contribution >= 0.6 is 0 Å². The van der Waals surface area contributed by atoms with Crippen molar-refractivity contribution in [2.75, 3.05) is 18.4 Å². The first-order valence-electron chi connectivity index (χ1n) is 9.44. The van der Waals surface area contributed by atoms with Crippen LogP contribution in [0.2, 0.25) is 0 Å². The summed E-state index contributed by atoms with van der Waals surface area (Å²) in [6.07, 6.45) is 7.39. The number of carbonyl (C=O) groups is 1. The van der Waals surface area contributed by atoms with Gasteiger partial charge in [-0.05, 0) is 43.2 Å². The number of nitrogens with one attached hydrogen (secondary N) is 2. The maximum Gasteiger partial charge on any atom is 0.407 e. The average Bonchev–Trinajstić information content (AvgIpc) is 3.32. The van der Waals surface area contributed by atoms with E-state index in [9.17, 15) is 4.79 Å². The van der Waals surface area contributed by atoms with E-state index in [1.807, 2.05) is 41.9 Å². The molecular formula is C21H20N6O2. The van der Waals surface area contributed by atoms with E-state index < -0.39 is 6.09 Å². The van der Waals surface area contributed by atoms with Crippen LogP contribution in [-0.4, -0.2) is 48.5 Å². The number of H-pyrrole nitrogens is 1. The van der Waals surface area contributed by atoms with Crippen molar-refractivity contribution in [3.63, 3.8) is 0 Å². The molecule has 0 aliphatic carbocycles. The molecule has 0 aromatic carbocycles. The zero-order valence-electron chi connectivity index (χ0n) is 15.9. The Morgan fingerprint density at radius 3 is 2.97 bits per heavy atom. The molecular weight excluding hydrogens is 368 g/mol. The minimum atomic E-state index is -0.879. The highest BCUT2D eigenvalue weighted by Crippen LogP contribution is 2.30. The molecule has 4 aromatic heterocycles. The first-order chi connectivity index (χ1) is 14.1. The maximum atomic E-state index is 11.1. The zero-order valence-corrected chi connectivity index (χ0v) is 15.9. The van der Waals surface area contributed by atoms with E-state index in [0.717, 1.165) is 45.0 Å². The smallest absolute Gasteiger partial charge is 0.407 e. The molecule has 0 saturated heterocycles. The summed E-state index contributed by atoms with van der Waals surface area (Å²) in [7, 11) is 0. The van der Waals surface area contributed by atoms with Crippen molar-refractivity contribution >= 4 is 39.6 Å². The highest BCUT2D eigenvalue weighted by molar-refractivity contribution is 5.94. The van der Waals surface area contributed by atoms with Gasteiger partial charge in [-0.15, -0.1) is 0 Å². The van der Waals surface area contributed by atoms with Crippen LogP contribution in [0, 0.1) is 6.92 Å². The number of fused-ring (bicyclic) bond motifs is 2. The number of nitrogens with zero attached hydrogens (tertiary/aromatic N) is 4. The molecule has 0 saturated carbocycles. The Balaban J connectivity index is 1.46. The third kappa shape index (κ3) is 3.08. The normalized spacial score (nSPS) is 14.4. The average molecular weight is 388 g/mol. The Kier molecular flexibility index (Phi) is 3.97. The van der Waals surface area contributed by atoms with Gasteiger partial charge in [-0.2, -0.15) is 0 Å². The highest BCUT2D eigenvalue weighted by Gasteiger charge is 2.18. The topological polar surface area (TPSA) is 98.5 Å². The Morgan fingerprint density at radius 2 is 2.17 bits per heavy atom. The lowest BCUT2D eigenvalue weighted by Crippen LogP contribution is -2.33. The van der Waals surface area contributed by atoms with Crippen molar-refractivity contribution in [2.24, 2.45) is 0 Å². The van der Waals surface area contributed by atoms with Crippen LogP contribution in [0.15, 0.2) is 48.9 Å². The zero-order chi connectivity index (χ0) is 20.0. The van der Waals surface area contributed by atoms with Gasteiger partial charge in [0.05, 0.1) is 17.4 Å². The molecule has 3 N–H and O–H groups in total. The second-order valence-corrected chi connectivity index (χ2v) is 7.15. The molecule has 1 aliphatic heterocycles. The largest absolute Gasteiger partial charge is 0.465 e. The third-order valence-electron chi connectivity index (χ3n) is 5.35. The molecule has 4 aromatic rings. The number of hydrogen-bond donors (Lipinski definition) is 3. The van der Waals surface area contributed by atoms with E-state index in [4.69, 9.17) is 5.11 Å². The number of aromatic amines is 1. The predicted octanol–water partition coefficient (Wildman–Crippen LogP) is 4.03. The van der Waals surface area contributed by atoms with Crippen molar-refractivity contribution in [1.82, 2.24) is 24.3 Å². The summed E-state index contributed by atoms with van der Waals surface area (Å²) in [4.78, 5) is 24.7. The molecule has 146 valence electrons. The maximum absolute atomic E-state index is 11.1. The van der Waals surface area contributed by atoms with Gasteiger partial charge in [0.1, 0.15) is 11.5 Å². The molecule has 5 heterocycles. The van der Waals surface area contributed by atoms with E-state index in [-0.39, 0.29) is 0 Å². The Hall–Kier alpha value is -3.81. The molecule has 0 atom stereocenters. The number of carboxylic acid groups (broad SMARTS) is 1. The van der Waals surface area contributed by atoms with Crippen molar-refractivity contribution in [1.29, 1.82) is 0 Å². The summed E-state index contributed by atoms with van der Waals surface area (Å²) in [6, 6.07) is 8.11. The van der Waals surface area contributed by atoms with Crippen molar-refractivity contribution in [3.8, 4) is 0 Å². The second-order valence-electron chi connectivity index (χ2n) is 7.15. The van der Waals surface area contributed by atoms with Crippen molar-refractivity contribution < 1.29 is 9.90 Å². The minimum absolute atomic E-state index is 0.406. The quantitative estimate of drug-likeness (QED) is 0.492. The molecule has 8 nitrogen and oxygen atoms in total. The monoisotopic (exact) mass is 388 g/mol. The summed E-state index contributed by atoms with van der Waals surface area (Å²) in [5, 5.41) is 13.6. The fourth-order valence-electron chi connectivity index (χ4n) is 3.76. The van der Waals surface area contributed by atoms with Gasteiger partial charge in [-0.25, -0.2) is 14.8 Å². The predicted molar refractivity (Wildman–Crippen MR) is 111 cm³/mol. The van der Waals surface area contributed by atoms with Gasteiger partial charge >= 0.3 is 6.09 Å². The van der Waals surface area contributed by atoms with Gasteiger partial charge in [-0.1, -0.05) is 6.08 Å². The number of imidazole rings is 1. The van der Waals surface area contributed by atoms with E-state index in [2.05, 4.69) is 32.4 Å². The van der Waals surface area contributed by atoms with Crippen molar-refractivity contribution in [3.05, 3.63) is 60.5 Å². The molecule has 0 fully saturated rings. The van der Waals surface area contributed by atoms with Gasteiger partial charge in [0, 0.05) is 42.3 Å². The van der Waals surface area contributed by atoms with Crippen molar-refractivity contribution in [2.45, 2.75) is 13.3 Å². The van der Waals surface area contributed by atoms with Crippen LogP contribution < -0.4 is 5.32 Å². The summed E-state index contributed by atoms with van der Waals surface area (Å²) in [5.41, 5.74) is 5.86. The Labute approximate surface area is 166 Å². The van der Waals surface area contributed by atoms with Crippen LogP contribution in [0.25, 0.3) is 22.1 Å². The first kappa shape index (κ1) is 17.3. The summed E-state index contributed by atoms with van der Waals surface area (Å²) in [6.45, 7) is 2.88. The molecule has 0 radical (unpaired) electrons. The summed E-state index contributed by atoms with van der Waals surface area (Å²) in [5.74, 6) is 0.954. The number of aryl methyl sites for hydroxylation is 1. The molecule has 8 heteroatoms.